The molecular formula is C17H23N3S. The van der Waals surface area contributed by atoms with E-state index in [1.165, 1.54) is 16.7 Å². The molecule has 0 fully saturated rings. The number of thioether (sulfide) groups is 1. The van der Waals surface area contributed by atoms with Gasteiger partial charge < -0.3 is 5.32 Å². The number of hydrogen-bond donors (Lipinski definition) is 1. The number of anilines is 1. The van der Waals surface area contributed by atoms with Crippen LogP contribution < -0.4 is 5.32 Å². The van der Waals surface area contributed by atoms with Crippen molar-refractivity contribution >= 4 is 17.7 Å². The van der Waals surface area contributed by atoms with Gasteiger partial charge in [0.05, 0.1) is 0 Å². The van der Waals surface area contributed by atoms with Gasteiger partial charge in [0.1, 0.15) is 5.03 Å². The smallest absolute Gasteiger partial charge is 0.223 e. The number of nitrogens with one attached hydrogen (secondary N) is 1. The second-order valence-corrected chi connectivity index (χ2v) is 6.36. The van der Waals surface area contributed by atoms with Crippen molar-refractivity contribution in [1.29, 1.82) is 0 Å². The van der Waals surface area contributed by atoms with Crippen LogP contribution in [-0.2, 0) is 5.75 Å². The third-order valence-electron chi connectivity index (χ3n) is 3.12. The summed E-state index contributed by atoms with van der Waals surface area (Å²) in [5.74, 6) is 1.67. The highest BCUT2D eigenvalue weighted by atomic mass is 32.2. The summed E-state index contributed by atoms with van der Waals surface area (Å²) in [5.41, 5.74) is 5.11. The average molecular weight is 301 g/mol. The van der Waals surface area contributed by atoms with Crippen molar-refractivity contribution in [3.63, 3.8) is 0 Å². The molecule has 2 aromatic rings. The van der Waals surface area contributed by atoms with Gasteiger partial charge in [-0.3, -0.25) is 0 Å². The van der Waals surface area contributed by atoms with E-state index in [9.17, 15) is 0 Å². The molecule has 0 amide bonds. The molecule has 0 saturated heterocycles. The average Bonchev–Trinajstić information content (AvgIpc) is 2.44. The molecule has 112 valence electrons. The van der Waals surface area contributed by atoms with Crippen molar-refractivity contribution in [2.24, 2.45) is 0 Å². The van der Waals surface area contributed by atoms with Gasteiger partial charge in [0, 0.05) is 18.5 Å². The zero-order valence-corrected chi connectivity index (χ0v) is 14.0. The molecule has 0 unspecified atom stereocenters. The summed E-state index contributed by atoms with van der Waals surface area (Å²) < 4.78 is 0. The molecule has 1 aromatic heterocycles. The van der Waals surface area contributed by atoms with Crippen LogP contribution >= 0.6 is 11.8 Å². The fourth-order valence-corrected chi connectivity index (χ4v) is 3.10. The quantitative estimate of drug-likeness (QED) is 0.629. The van der Waals surface area contributed by atoms with Gasteiger partial charge in [0.2, 0.25) is 5.95 Å². The van der Waals surface area contributed by atoms with Gasteiger partial charge in [-0.25, -0.2) is 9.97 Å². The van der Waals surface area contributed by atoms with E-state index >= 15 is 0 Å². The number of nitrogens with zero attached hydrogens (tertiary/aromatic N) is 2. The van der Waals surface area contributed by atoms with Gasteiger partial charge in [-0.1, -0.05) is 36.2 Å². The molecule has 2 rings (SSSR count). The number of rotatable bonds is 6. The number of aromatic nitrogens is 2. The minimum absolute atomic E-state index is 0.727. The Morgan fingerprint density at radius 1 is 1.10 bits per heavy atom. The van der Waals surface area contributed by atoms with Crippen LogP contribution in [0.2, 0.25) is 0 Å². The van der Waals surface area contributed by atoms with E-state index in [0.29, 0.717) is 0 Å². The number of hydrogen-bond acceptors (Lipinski definition) is 4. The predicted octanol–water partition coefficient (Wildman–Crippen LogP) is 4.52. The maximum absolute atomic E-state index is 4.61. The maximum atomic E-state index is 4.61. The Kier molecular flexibility index (Phi) is 5.62. The fraction of sp³-hybridized carbons (Fsp3) is 0.412. The first-order chi connectivity index (χ1) is 10.1. The highest BCUT2D eigenvalue weighted by Crippen LogP contribution is 2.25. The minimum atomic E-state index is 0.727. The molecule has 1 aromatic carbocycles. The summed E-state index contributed by atoms with van der Waals surface area (Å²) >= 11 is 1.77. The highest BCUT2D eigenvalue weighted by molar-refractivity contribution is 7.98. The molecular weight excluding hydrogens is 278 g/mol. The Morgan fingerprint density at radius 3 is 2.48 bits per heavy atom. The standard InChI is InChI=1S/C17H23N3S/c1-5-6-18-17-19-10-14(4)16(20-17)21-11-15-8-12(2)7-13(3)9-15/h7-10H,5-6,11H2,1-4H3,(H,18,19,20). The zero-order chi connectivity index (χ0) is 15.2. The summed E-state index contributed by atoms with van der Waals surface area (Å²) in [4.78, 5) is 8.93. The molecule has 0 atom stereocenters. The third kappa shape index (κ3) is 4.74. The first-order valence-corrected chi connectivity index (χ1v) is 8.34. The van der Waals surface area contributed by atoms with E-state index in [-0.39, 0.29) is 0 Å². The van der Waals surface area contributed by atoms with Gasteiger partial charge in [0.25, 0.3) is 0 Å². The SMILES string of the molecule is CCCNc1ncc(C)c(SCc2cc(C)cc(C)c2)n1. The summed E-state index contributed by atoms with van der Waals surface area (Å²) in [6.07, 6.45) is 2.97. The Balaban J connectivity index is 2.08. The van der Waals surface area contributed by atoms with Crippen LogP contribution in [0.25, 0.3) is 0 Å². The third-order valence-corrected chi connectivity index (χ3v) is 4.28. The lowest BCUT2D eigenvalue weighted by molar-refractivity contribution is 0.925. The lowest BCUT2D eigenvalue weighted by atomic mass is 10.1. The van der Waals surface area contributed by atoms with Crippen LogP contribution in [-0.4, -0.2) is 16.5 Å². The van der Waals surface area contributed by atoms with E-state index in [1.807, 2.05) is 6.20 Å². The van der Waals surface area contributed by atoms with Crippen molar-refractivity contribution in [1.82, 2.24) is 9.97 Å². The molecule has 4 heteroatoms. The van der Waals surface area contributed by atoms with E-state index < -0.39 is 0 Å². The normalized spacial score (nSPS) is 10.7. The van der Waals surface area contributed by atoms with Gasteiger partial charge in [0.15, 0.2) is 0 Å². The zero-order valence-electron chi connectivity index (χ0n) is 13.2. The summed E-state index contributed by atoms with van der Waals surface area (Å²) in [6.45, 7) is 9.39. The van der Waals surface area contributed by atoms with Crippen molar-refractivity contribution in [3.05, 3.63) is 46.6 Å². The molecule has 0 aliphatic carbocycles. The van der Waals surface area contributed by atoms with Gasteiger partial charge >= 0.3 is 0 Å². The summed E-state index contributed by atoms with van der Waals surface area (Å²) in [6, 6.07) is 6.69. The van der Waals surface area contributed by atoms with Crippen LogP contribution in [0.3, 0.4) is 0 Å². The molecule has 1 N–H and O–H groups in total. The second-order valence-electron chi connectivity index (χ2n) is 5.39. The van der Waals surface area contributed by atoms with Gasteiger partial charge in [-0.05, 0) is 38.3 Å². The number of aryl methyl sites for hydroxylation is 3. The van der Waals surface area contributed by atoms with Gasteiger partial charge in [-0.2, -0.15) is 0 Å². The Morgan fingerprint density at radius 2 is 1.81 bits per heavy atom. The van der Waals surface area contributed by atoms with E-state index in [2.05, 4.69) is 61.2 Å². The van der Waals surface area contributed by atoms with Crippen molar-refractivity contribution in [2.45, 2.75) is 44.9 Å². The summed E-state index contributed by atoms with van der Waals surface area (Å²) in [7, 11) is 0. The molecule has 3 nitrogen and oxygen atoms in total. The molecule has 0 bridgehead atoms. The fourth-order valence-electron chi connectivity index (χ4n) is 2.20. The molecule has 1 heterocycles. The molecule has 0 radical (unpaired) electrons. The lowest BCUT2D eigenvalue weighted by Gasteiger charge is -2.09. The lowest BCUT2D eigenvalue weighted by Crippen LogP contribution is -2.05. The van der Waals surface area contributed by atoms with E-state index in [4.69, 9.17) is 0 Å². The first kappa shape index (κ1) is 15.8. The number of benzene rings is 1. The Labute approximate surface area is 131 Å². The van der Waals surface area contributed by atoms with Crippen LogP contribution in [0.1, 0.15) is 35.6 Å². The predicted molar refractivity (Wildman–Crippen MR) is 91.0 cm³/mol. The maximum Gasteiger partial charge on any atom is 0.223 e. The molecule has 0 aliphatic rings. The second kappa shape index (κ2) is 7.46. The minimum Gasteiger partial charge on any atom is -0.354 e. The van der Waals surface area contributed by atoms with Crippen LogP contribution in [0, 0.1) is 20.8 Å². The van der Waals surface area contributed by atoms with E-state index in [0.717, 1.165) is 35.3 Å². The monoisotopic (exact) mass is 301 g/mol. The summed E-state index contributed by atoms with van der Waals surface area (Å²) in [5, 5.41) is 4.30. The molecule has 21 heavy (non-hydrogen) atoms. The molecule has 0 aliphatic heterocycles. The van der Waals surface area contributed by atoms with Crippen LogP contribution in [0.5, 0.6) is 0 Å². The highest BCUT2D eigenvalue weighted by Gasteiger charge is 2.05. The molecule has 0 saturated carbocycles. The topological polar surface area (TPSA) is 37.8 Å². The first-order valence-electron chi connectivity index (χ1n) is 7.36. The Hall–Kier alpha value is -1.55. The van der Waals surface area contributed by atoms with Crippen molar-refractivity contribution in [2.75, 3.05) is 11.9 Å². The van der Waals surface area contributed by atoms with Crippen molar-refractivity contribution in [3.8, 4) is 0 Å². The van der Waals surface area contributed by atoms with Gasteiger partial charge in [-0.15, -0.1) is 11.8 Å². The largest absolute Gasteiger partial charge is 0.354 e. The Bertz CT molecular complexity index is 591. The van der Waals surface area contributed by atoms with E-state index in [1.54, 1.807) is 11.8 Å². The van der Waals surface area contributed by atoms with Crippen LogP contribution in [0.4, 0.5) is 5.95 Å². The van der Waals surface area contributed by atoms with Crippen molar-refractivity contribution < 1.29 is 0 Å². The van der Waals surface area contributed by atoms with Crippen LogP contribution in [0.15, 0.2) is 29.4 Å². The molecule has 0 spiro atoms.